The Hall–Kier alpha value is -3.61. The van der Waals surface area contributed by atoms with Gasteiger partial charge in [-0.05, 0) is 60.0 Å². The van der Waals surface area contributed by atoms with Gasteiger partial charge in [-0.1, -0.05) is 6.07 Å². The highest BCUT2D eigenvalue weighted by Crippen LogP contribution is 2.32. The first-order chi connectivity index (χ1) is 14.0. The molecule has 2 heterocycles. The van der Waals surface area contributed by atoms with Gasteiger partial charge in [0.1, 0.15) is 23.1 Å². The van der Waals surface area contributed by atoms with Crippen molar-refractivity contribution in [3.63, 3.8) is 0 Å². The van der Waals surface area contributed by atoms with Gasteiger partial charge in [0.05, 0.1) is 5.52 Å². The van der Waals surface area contributed by atoms with E-state index in [-0.39, 0.29) is 23.7 Å². The Kier molecular flexibility index (Phi) is 5.03. The summed E-state index contributed by atoms with van der Waals surface area (Å²) < 4.78 is 41.4. The van der Waals surface area contributed by atoms with Crippen molar-refractivity contribution in [1.29, 1.82) is 0 Å². The van der Waals surface area contributed by atoms with E-state index in [4.69, 9.17) is 0 Å². The van der Waals surface area contributed by atoms with Crippen molar-refractivity contribution in [3.05, 3.63) is 89.5 Å². The molecular formula is C22H16F3N3O. The van der Waals surface area contributed by atoms with E-state index in [9.17, 15) is 18.0 Å². The van der Waals surface area contributed by atoms with Crippen LogP contribution in [0.15, 0.2) is 60.8 Å². The van der Waals surface area contributed by atoms with Crippen molar-refractivity contribution in [2.75, 3.05) is 6.54 Å². The molecule has 7 heteroatoms. The lowest BCUT2D eigenvalue weighted by molar-refractivity contribution is 0.0949. The molecule has 2 aromatic heterocycles. The standard InChI is InChI=1S/C22H16F3N3O/c23-14-6-4-13(5-7-14)20-16(17-11-15(24)12-18(25)21(17)28-20)8-10-27-22(29)19-3-1-2-9-26-19/h1-7,9,11-12,28H,8,10H2,(H,27,29). The highest BCUT2D eigenvalue weighted by molar-refractivity contribution is 5.93. The molecule has 0 saturated carbocycles. The molecule has 0 bridgehead atoms. The van der Waals surface area contributed by atoms with Crippen LogP contribution in [0.1, 0.15) is 16.1 Å². The van der Waals surface area contributed by atoms with E-state index < -0.39 is 17.5 Å². The lowest BCUT2D eigenvalue weighted by Gasteiger charge is -2.07. The SMILES string of the molecule is O=C(NCCc1c(-c2ccc(F)cc2)[nH]c2c(F)cc(F)cc12)c1ccccn1. The molecule has 4 rings (SSSR count). The zero-order valence-corrected chi connectivity index (χ0v) is 15.2. The van der Waals surface area contributed by atoms with Crippen LogP contribution in [-0.2, 0) is 6.42 Å². The zero-order chi connectivity index (χ0) is 20.4. The highest BCUT2D eigenvalue weighted by atomic mass is 19.1. The first-order valence-electron chi connectivity index (χ1n) is 8.97. The van der Waals surface area contributed by atoms with Crippen molar-refractivity contribution < 1.29 is 18.0 Å². The molecule has 0 atom stereocenters. The smallest absolute Gasteiger partial charge is 0.269 e. The van der Waals surface area contributed by atoms with Gasteiger partial charge in [-0.3, -0.25) is 9.78 Å². The monoisotopic (exact) mass is 395 g/mol. The molecule has 0 aliphatic rings. The minimum Gasteiger partial charge on any atom is -0.352 e. The Morgan fingerprint density at radius 1 is 1.00 bits per heavy atom. The summed E-state index contributed by atoms with van der Waals surface area (Å²) in [5.41, 5.74) is 2.26. The van der Waals surface area contributed by atoms with Gasteiger partial charge in [-0.25, -0.2) is 13.2 Å². The van der Waals surface area contributed by atoms with Crippen molar-refractivity contribution in [2.24, 2.45) is 0 Å². The largest absolute Gasteiger partial charge is 0.352 e. The van der Waals surface area contributed by atoms with Gasteiger partial charge in [-0.15, -0.1) is 0 Å². The number of hydrogen-bond donors (Lipinski definition) is 2. The number of nitrogens with zero attached hydrogens (tertiary/aromatic N) is 1. The van der Waals surface area contributed by atoms with Crippen LogP contribution in [0, 0.1) is 17.5 Å². The molecule has 0 aliphatic carbocycles. The maximum atomic E-state index is 14.3. The Morgan fingerprint density at radius 2 is 1.79 bits per heavy atom. The molecule has 0 saturated heterocycles. The molecule has 0 radical (unpaired) electrons. The van der Waals surface area contributed by atoms with E-state index in [1.165, 1.54) is 24.4 Å². The summed E-state index contributed by atoms with van der Waals surface area (Å²) in [5, 5.41) is 3.14. The summed E-state index contributed by atoms with van der Waals surface area (Å²) in [4.78, 5) is 19.2. The number of aromatic amines is 1. The first kappa shape index (κ1) is 18.7. The molecule has 0 fully saturated rings. The summed E-state index contributed by atoms with van der Waals surface area (Å²) in [7, 11) is 0. The average Bonchev–Trinajstić information content (AvgIpc) is 3.08. The van der Waals surface area contributed by atoms with Gasteiger partial charge in [0.2, 0.25) is 0 Å². The second-order valence-corrected chi connectivity index (χ2v) is 6.52. The molecule has 146 valence electrons. The number of benzene rings is 2. The summed E-state index contributed by atoms with van der Waals surface area (Å²) in [6.45, 7) is 0.231. The van der Waals surface area contributed by atoms with Crippen LogP contribution in [0.2, 0.25) is 0 Å². The van der Waals surface area contributed by atoms with Crippen molar-refractivity contribution >= 4 is 16.8 Å². The molecular weight excluding hydrogens is 379 g/mol. The van der Waals surface area contributed by atoms with Gasteiger partial charge >= 0.3 is 0 Å². The third-order valence-electron chi connectivity index (χ3n) is 4.62. The fourth-order valence-electron chi connectivity index (χ4n) is 3.29. The Labute approximate surface area is 164 Å². The number of nitrogens with one attached hydrogen (secondary N) is 2. The maximum absolute atomic E-state index is 14.3. The first-order valence-corrected chi connectivity index (χ1v) is 8.97. The van der Waals surface area contributed by atoms with Gasteiger partial charge in [-0.2, -0.15) is 0 Å². The number of halogens is 3. The van der Waals surface area contributed by atoms with Gasteiger partial charge in [0, 0.05) is 29.9 Å². The molecule has 29 heavy (non-hydrogen) atoms. The molecule has 0 aliphatic heterocycles. The third kappa shape index (κ3) is 3.85. The summed E-state index contributed by atoms with van der Waals surface area (Å²) in [6.07, 6.45) is 1.83. The Bertz CT molecular complexity index is 1170. The second-order valence-electron chi connectivity index (χ2n) is 6.52. The molecule has 4 nitrogen and oxygen atoms in total. The van der Waals surface area contributed by atoms with Crippen LogP contribution in [0.3, 0.4) is 0 Å². The predicted molar refractivity (Wildman–Crippen MR) is 104 cm³/mol. The summed E-state index contributed by atoms with van der Waals surface area (Å²) in [6, 6.07) is 12.8. The molecule has 0 unspecified atom stereocenters. The van der Waals surface area contributed by atoms with Gasteiger partial charge in [0.25, 0.3) is 5.91 Å². The summed E-state index contributed by atoms with van der Waals surface area (Å²) >= 11 is 0. The van der Waals surface area contributed by atoms with E-state index in [2.05, 4.69) is 15.3 Å². The van der Waals surface area contributed by atoms with Crippen LogP contribution in [0.4, 0.5) is 13.2 Å². The number of carbonyl (C=O) groups excluding carboxylic acids is 1. The summed E-state index contributed by atoms with van der Waals surface area (Å²) in [5.74, 6) is -2.15. The fraction of sp³-hybridized carbons (Fsp3) is 0.0909. The van der Waals surface area contributed by atoms with Crippen LogP contribution in [-0.4, -0.2) is 22.4 Å². The molecule has 2 aromatic carbocycles. The van der Waals surface area contributed by atoms with Crippen molar-refractivity contribution in [2.45, 2.75) is 6.42 Å². The van der Waals surface area contributed by atoms with Crippen LogP contribution in [0.5, 0.6) is 0 Å². The normalized spacial score (nSPS) is 11.0. The molecule has 2 N–H and O–H groups in total. The zero-order valence-electron chi connectivity index (χ0n) is 15.2. The van der Waals surface area contributed by atoms with Crippen LogP contribution < -0.4 is 5.32 Å². The number of amides is 1. The van der Waals surface area contributed by atoms with E-state index in [0.29, 0.717) is 28.6 Å². The van der Waals surface area contributed by atoms with E-state index >= 15 is 0 Å². The maximum Gasteiger partial charge on any atom is 0.269 e. The number of aromatic nitrogens is 2. The Morgan fingerprint density at radius 3 is 2.52 bits per heavy atom. The third-order valence-corrected chi connectivity index (χ3v) is 4.62. The topological polar surface area (TPSA) is 57.8 Å². The minimum absolute atomic E-state index is 0.164. The number of H-pyrrole nitrogens is 1. The minimum atomic E-state index is -0.716. The number of fused-ring (bicyclic) bond motifs is 1. The van der Waals surface area contributed by atoms with Crippen LogP contribution >= 0.6 is 0 Å². The van der Waals surface area contributed by atoms with Crippen molar-refractivity contribution in [1.82, 2.24) is 15.3 Å². The number of carbonyl (C=O) groups is 1. The van der Waals surface area contributed by atoms with Crippen LogP contribution in [0.25, 0.3) is 22.2 Å². The molecule has 1 amide bonds. The van der Waals surface area contributed by atoms with Gasteiger partial charge in [0.15, 0.2) is 0 Å². The predicted octanol–water partition coefficient (Wildman–Crippen LogP) is 4.62. The lowest BCUT2D eigenvalue weighted by atomic mass is 10.0. The van der Waals surface area contributed by atoms with E-state index in [1.54, 1.807) is 30.3 Å². The molecule has 4 aromatic rings. The lowest BCUT2D eigenvalue weighted by Crippen LogP contribution is -2.26. The number of rotatable bonds is 5. The number of hydrogen-bond acceptors (Lipinski definition) is 2. The second kappa shape index (κ2) is 7.79. The fourth-order valence-corrected chi connectivity index (χ4v) is 3.29. The highest BCUT2D eigenvalue weighted by Gasteiger charge is 2.17. The van der Waals surface area contributed by atoms with Gasteiger partial charge < -0.3 is 10.3 Å². The van der Waals surface area contributed by atoms with E-state index in [1.807, 2.05) is 0 Å². The average molecular weight is 395 g/mol. The van der Waals surface area contributed by atoms with E-state index in [0.717, 1.165) is 6.07 Å². The quantitative estimate of drug-likeness (QED) is 0.518. The Balaban J connectivity index is 1.67. The van der Waals surface area contributed by atoms with Crippen molar-refractivity contribution in [3.8, 4) is 11.3 Å². The number of pyridine rings is 1. The molecule has 0 spiro atoms.